The zero-order valence-electron chi connectivity index (χ0n) is 6.77. The highest BCUT2D eigenvalue weighted by Gasteiger charge is 2.35. The number of hydrogen-bond donors (Lipinski definition) is 0. The van der Waals surface area contributed by atoms with E-state index in [0.717, 1.165) is 25.4 Å². The fourth-order valence-corrected chi connectivity index (χ4v) is 0.969. The maximum Gasteiger partial charge on any atom is 0.417 e. The second kappa shape index (κ2) is 3.16. The van der Waals surface area contributed by atoms with E-state index in [0.29, 0.717) is 0 Å². The number of rotatable bonds is 1. The van der Waals surface area contributed by atoms with Crippen molar-refractivity contribution < 1.29 is 22.9 Å². The zero-order chi connectivity index (χ0) is 10.1. The third kappa shape index (κ3) is 2.05. The number of halogens is 3. The summed E-state index contributed by atoms with van der Waals surface area (Å²) < 4.78 is 36.7. The molecule has 1 N–H and O–H groups in total. The number of nitrogens with one attached hydrogen (secondary N) is 1. The van der Waals surface area contributed by atoms with Gasteiger partial charge in [0.15, 0.2) is 18.2 Å². The van der Waals surface area contributed by atoms with Crippen molar-refractivity contribution in [2.45, 2.75) is 13.1 Å². The van der Waals surface area contributed by atoms with Crippen molar-refractivity contribution in [3.05, 3.63) is 29.6 Å². The van der Waals surface area contributed by atoms with E-state index in [9.17, 15) is 18.0 Å². The van der Waals surface area contributed by atoms with E-state index in [2.05, 4.69) is 4.98 Å². The molecule has 0 amide bonds. The van der Waals surface area contributed by atoms with Crippen molar-refractivity contribution in [2.24, 2.45) is 0 Å². The van der Waals surface area contributed by atoms with Crippen LogP contribution in [0.1, 0.15) is 22.8 Å². The summed E-state index contributed by atoms with van der Waals surface area (Å²) in [6, 6.07) is 0.844. The Bertz CT molecular complexity index is 332. The van der Waals surface area contributed by atoms with Crippen LogP contribution in [0.15, 0.2) is 18.5 Å². The van der Waals surface area contributed by atoms with Crippen molar-refractivity contribution in [2.75, 3.05) is 0 Å². The molecule has 0 atom stereocenters. The first-order valence-corrected chi connectivity index (χ1v) is 3.51. The Morgan fingerprint density at radius 2 is 2.08 bits per heavy atom. The van der Waals surface area contributed by atoms with Crippen LogP contribution in [0.25, 0.3) is 0 Å². The Morgan fingerprint density at radius 1 is 1.46 bits per heavy atom. The Kier molecular flexibility index (Phi) is 2.36. The minimum atomic E-state index is -4.48. The summed E-state index contributed by atoms with van der Waals surface area (Å²) in [5, 5.41) is 0. The summed E-state index contributed by atoms with van der Waals surface area (Å²) in [6.45, 7) is 1.10. The predicted molar refractivity (Wildman–Crippen MR) is 38.0 cm³/mol. The van der Waals surface area contributed by atoms with E-state index >= 15 is 0 Å². The zero-order valence-corrected chi connectivity index (χ0v) is 6.77. The van der Waals surface area contributed by atoms with Gasteiger partial charge in [-0.05, 0) is 6.92 Å². The SMILES string of the molecule is CC(=O)c1c[nH+]ccc1C(F)(F)F. The molecule has 1 rings (SSSR count). The monoisotopic (exact) mass is 190 g/mol. The van der Waals surface area contributed by atoms with E-state index in [1.54, 1.807) is 0 Å². The predicted octanol–water partition coefficient (Wildman–Crippen LogP) is 1.72. The summed E-state index contributed by atoms with van der Waals surface area (Å²) in [5.41, 5.74) is -1.24. The number of aromatic amines is 1. The van der Waals surface area contributed by atoms with Gasteiger partial charge >= 0.3 is 6.18 Å². The van der Waals surface area contributed by atoms with Crippen LogP contribution in [0, 0.1) is 0 Å². The van der Waals surface area contributed by atoms with E-state index in [-0.39, 0.29) is 5.56 Å². The number of carbonyl (C=O) groups is 1. The van der Waals surface area contributed by atoms with Crippen LogP contribution in [0.4, 0.5) is 13.2 Å². The third-order valence-corrected chi connectivity index (χ3v) is 1.55. The van der Waals surface area contributed by atoms with Gasteiger partial charge in [-0.2, -0.15) is 13.2 Å². The standard InChI is InChI=1S/C8H6F3NO/c1-5(13)6-4-12-3-2-7(6)8(9,10)11/h2-4H,1H3/p+1. The number of ketones is 1. The largest absolute Gasteiger partial charge is 0.417 e. The number of hydrogen-bond acceptors (Lipinski definition) is 1. The second-order valence-corrected chi connectivity index (χ2v) is 2.53. The normalized spacial score (nSPS) is 11.4. The van der Waals surface area contributed by atoms with Gasteiger partial charge in [-0.15, -0.1) is 0 Å². The van der Waals surface area contributed by atoms with Gasteiger partial charge in [0, 0.05) is 6.07 Å². The van der Waals surface area contributed by atoms with Crippen LogP contribution in [0.2, 0.25) is 0 Å². The van der Waals surface area contributed by atoms with Crippen molar-refractivity contribution >= 4 is 5.78 Å². The van der Waals surface area contributed by atoms with Crippen LogP contribution < -0.4 is 4.98 Å². The third-order valence-electron chi connectivity index (χ3n) is 1.55. The van der Waals surface area contributed by atoms with Crippen LogP contribution in [-0.2, 0) is 6.18 Å². The molecule has 0 radical (unpaired) electrons. The molecule has 0 bridgehead atoms. The van der Waals surface area contributed by atoms with Crippen molar-refractivity contribution in [3.8, 4) is 0 Å². The fraction of sp³-hybridized carbons (Fsp3) is 0.250. The minimum absolute atomic E-state index is 0.338. The lowest BCUT2D eigenvalue weighted by atomic mass is 10.1. The molecule has 5 heteroatoms. The number of alkyl halides is 3. The van der Waals surface area contributed by atoms with Gasteiger partial charge in [-0.1, -0.05) is 0 Å². The topological polar surface area (TPSA) is 31.2 Å². The van der Waals surface area contributed by atoms with E-state index in [4.69, 9.17) is 0 Å². The highest BCUT2D eigenvalue weighted by molar-refractivity contribution is 5.95. The number of H-pyrrole nitrogens is 1. The van der Waals surface area contributed by atoms with E-state index < -0.39 is 17.5 Å². The van der Waals surface area contributed by atoms with Gasteiger partial charge in [-0.3, -0.25) is 4.79 Å². The molecule has 1 aromatic rings. The maximum atomic E-state index is 12.2. The van der Waals surface area contributed by atoms with E-state index in [1.807, 2.05) is 0 Å². The fourth-order valence-electron chi connectivity index (χ4n) is 0.969. The summed E-state index contributed by atoms with van der Waals surface area (Å²) in [6.07, 6.45) is -2.30. The molecular formula is C8H7F3NO+. The number of carbonyl (C=O) groups excluding carboxylic acids is 1. The van der Waals surface area contributed by atoms with Gasteiger partial charge in [0.05, 0.1) is 11.1 Å². The minimum Gasteiger partial charge on any atom is -0.294 e. The average molecular weight is 190 g/mol. The Hall–Kier alpha value is -1.39. The molecule has 70 valence electrons. The van der Waals surface area contributed by atoms with E-state index in [1.165, 1.54) is 0 Å². The quantitative estimate of drug-likeness (QED) is 0.620. The number of pyridine rings is 1. The molecule has 0 fully saturated rings. The molecule has 2 nitrogen and oxygen atoms in total. The molecule has 0 aromatic carbocycles. The van der Waals surface area contributed by atoms with Gasteiger partial charge in [0.1, 0.15) is 0 Å². The van der Waals surface area contributed by atoms with Crippen LogP contribution >= 0.6 is 0 Å². The number of Topliss-reactive ketones (excluding diaryl/α,β-unsaturated/α-hetero) is 1. The van der Waals surface area contributed by atoms with Gasteiger partial charge in [-0.25, -0.2) is 4.98 Å². The molecule has 0 saturated heterocycles. The Balaban J connectivity index is 3.28. The summed E-state index contributed by atoms with van der Waals surface area (Å²) in [7, 11) is 0. The van der Waals surface area contributed by atoms with Gasteiger partial charge < -0.3 is 0 Å². The number of aromatic nitrogens is 1. The Morgan fingerprint density at radius 3 is 2.46 bits per heavy atom. The van der Waals surface area contributed by atoms with Crippen LogP contribution in [-0.4, -0.2) is 5.78 Å². The maximum absolute atomic E-state index is 12.2. The molecule has 0 unspecified atom stereocenters. The lowest BCUT2D eigenvalue weighted by molar-refractivity contribution is -0.378. The van der Waals surface area contributed by atoms with Crippen LogP contribution in [0.3, 0.4) is 0 Å². The highest BCUT2D eigenvalue weighted by Crippen LogP contribution is 2.30. The molecule has 1 heterocycles. The van der Waals surface area contributed by atoms with Crippen molar-refractivity contribution in [1.82, 2.24) is 0 Å². The lowest BCUT2D eigenvalue weighted by Crippen LogP contribution is -2.15. The molecule has 0 spiro atoms. The van der Waals surface area contributed by atoms with Crippen molar-refractivity contribution in [1.29, 1.82) is 0 Å². The lowest BCUT2D eigenvalue weighted by Gasteiger charge is -2.07. The molecule has 0 aliphatic rings. The van der Waals surface area contributed by atoms with Crippen molar-refractivity contribution in [3.63, 3.8) is 0 Å². The van der Waals surface area contributed by atoms with Gasteiger partial charge in [0.2, 0.25) is 0 Å². The molecule has 0 saturated carbocycles. The first kappa shape index (κ1) is 9.70. The summed E-state index contributed by atoms with van der Waals surface area (Å²) in [5.74, 6) is -0.607. The second-order valence-electron chi connectivity index (χ2n) is 2.53. The first-order chi connectivity index (χ1) is 5.93. The average Bonchev–Trinajstić information content (AvgIpc) is 2.03. The summed E-state index contributed by atoms with van der Waals surface area (Å²) in [4.78, 5) is 13.2. The van der Waals surface area contributed by atoms with Crippen LogP contribution in [0.5, 0.6) is 0 Å². The smallest absolute Gasteiger partial charge is 0.294 e. The molecular weight excluding hydrogens is 183 g/mol. The Labute approximate surface area is 72.4 Å². The first-order valence-electron chi connectivity index (χ1n) is 3.51. The molecule has 13 heavy (non-hydrogen) atoms. The highest BCUT2D eigenvalue weighted by atomic mass is 19.4. The molecule has 0 aliphatic heterocycles. The molecule has 1 aromatic heterocycles. The van der Waals surface area contributed by atoms with Gasteiger partial charge in [0.25, 0.3) is 0 Å². The molecule has 0 aliphatic carbocycles. The summed E-state index contributed by atoms with van der Waals surface area (Å²) >= 11 is 0.